The summed E-state index contributed by atoms with van der Waals surface area (Å²) in [5, 5.41) is 0.0133. The van der Waals surface area contributed by atoms with Crippen LogP contribution in [0.3, 0.4) is 0 Å². The second-order valence-corrected chi connectivity index (χ2v) is 5.54. The Morgan fingerprint density at radius 3 is 2.67 bits per heavy atom. The normalized spacial score (nSPS) is 20.0. The zero-order chi connectivity index (χ0) is 11.1. The first-order chi connectivity index (χ1) is 7.09. The molecule has 2 rings (SSSR count). The molecule has 0 saturated heterocycles. The Balaban J connectivity index is 2.26. The van der Waals surface area contributed by atoms with Gasteiger partial charge < -0.3 is 0 Å². The van der Waals surface area contributed by atoms with Gasteiger partial charge >= 0.3 is 0 Å². The maximum Gasteiger partial charge on any atom is 0.137 e. The van der Waals surface area contributed by atoms with Crippen molar-refractivity contribution in [1.82, 2.24) is 0 Å². The monoisotopic (exact) mass is 290 g/mol. The number of alkyl halides is 1. The zero-order valence-electron chi connectivity index (χ0n) is 8.56. The fraction of sp³-hybridized carbons (Fsp3) is 0.500. The first-order valence-corrected chi connectivity index (χ1v) is 6.41. The van der Waals surface area contributed by atoms with E-state index >= 15 is 0 Å². The number of rotatable bonds is 3. The summed E-state index contributed by atoms with van der Waals surface area (Å²) in [7, 11) is 0. The molecule has 1 aliphatic rings. The lowest BCUT2D eigenvalue weighted by molar-refractivity contribution is 0.471. The van der Waals surface area contributed by atoms with E-state index in [1.807, 2.05) is 0 Å². The predicted molar refractivity (Wildman–Crippen MR) is 64.7 cm³/mol. The van der Waals surface area contributed by atoms with Crippen molar-refractivity contribution in [2.24, 2.45) is 5.41 Å². The Kier molecular flexibility index (Phi) is 3.09. The molecular formula is C12H13BrClF. The lowest BCUT2D eigenvalue weighted by Gasteiger charge is -2.20. The molecule has 0 amide bonds. The van der Waals surface area contributed by atoms with Gasteiger partial charge in [-0.2, -0.15) is 0 Å². The maximum atomic E-state index is 13.1. The Morgan fingerprint density at radius 1 is 1.53 bits per heavy atom. The van der Waals surface area contributed by atoms with Gasteiger partial charge in [0.1, 0.15) is 5.82 Å². The molecule has 1 unspecified atom stereocenters. The van der Waals surface area contributed by atoms with E-state index in [0.29, 0.717) is 4.47 Å². The molecule has 1 atom stereocenters. The van der Waals surface area contributed by atoms with Crippen LogP contribution in [0.25, 0.3) is 0 Å². The van der Waals surface area contributed by atoms with Crippen molar-refractivity contribution >= 4 is 27.5 Å². The molecule has 0 N–H and O–H groups in total. The molecule has 1 aliphatic carbocycles. The molecule has 0 radical (unpaired) electrons. The Hall–Kier alpha value is -0.0800. The van der Waals surface area contributed by atoms with Crippen LogP contribution in [0.4, 0.5) is 4.39 Å². The zero-order valence-corrected chi connectivity index (χ0v) is 10.9. The largest absolute Gasteiger partial charge is 0.206 e. The minimum atomic E-state index is -0.232. The van der Waals surface area contributed by atoms with Crippen LogP contribution in [0, 0.1) is 11.2 Å². The van der Waals surface area contributed by atoms with Crippen molar-refractivity contribution in [2.45, 2.75) is 31.6 Å². The van der Waals surface area contributed by atoms with E-state index in [2.05, 4.69) is 22.9 Å². The summed E-state index contributed by atoms with van der Waals surface area (Å²) in [6.45, 7) is 2.17. The van der Waals surface area contributed by atoms with Crippen LogP contribution in [-0.4, -0.2) is 0 Å². The third-order valence-electron chi connectivity index (χ3n) is 3.37. The standard InChI is InChI=1S/C12H13BrClF/c1-2-12(5-6-12)11(14)8-3-4-10(15)9(13)7-8/h3-4,7,11H,2,5-6H2,1H3. The molecule has 0 aromatic heterocycles. The molecule has 82 valence electrons. The average Bonchev–Trinajstić information content (AvgIpc) is 3.02. The van der Waals surface area contributed by atoms with Crippen LogP contribution < -0.4 is 0 Å². The molecule has 1 aromatic rings. The SMILES string of the molecule is CCC1(C(Cl)c2ccc(F)c(Br)c2)CC1. The van der Waals surface area contributed by atoms with Crippen LogP contribution in [0.15, 0.2) is 22.7 Å². The number of hydrogen-bond acceptors (Lipinski definition) is 0. The lowest BCUT2D eigenvalue weighted by Crippen LogP contribution is -2.07. The van der Waals surface area contributed by atoms with Crippen molar-refractivity contribution in [3.8, 4) is 0 Å². The van der Waals surface area contributed by atoms with Crippen LogP contribution in [0.5, 0.6) is 0 Å². The topological polar surface area (TPSA) is 0 Å². The molecule has 0 spiro atoms. The first-order valence-electron chi connectivity index (χ1n) is 5.18. The molecule has 1 fully saturated rings. The molecule has 0 heterocycles. The Bertz CT molecular complexity index is 374. The summed E-state index contributed by atoms with van der Waals surface area (Å²) >= 11 is 9.63. The van der Waals surface area contributed by atoms with Gasteiger partial charge in [-0.05, 0) is 58.3 Å². The minimum Gasteiger partial charge on any atom is -0.206 e. The van der Waals surface area contributed by atoms with Crippen molar-refractivity contribution in [1.29, 1.82) is 0 Å². The fourth-order valence-corrected chi connectivity index (χ4v) is 2.88. The molecule has 1 aromatic carbocycles. The van der Waals surface area contributed by atoms with E-state index in [-0.39, 0.29) is 16.6 Å². The summed E-state index contributed by atoms with van der Waals surface area (Å²) in [4.78, 5) is 0. The van der Waals surface area contributed by atoms with Crippen LogP contribution in [-0.2, 0) is 0 Å². The van der Waals surface area contributed by atoms with Gasteiger partial charge in [-0.15, -0.1) is 11.6 Å². The summed E-state index contributed by atoms with van der Waals surface area (Å²) in [5.41, 5.74) is 1.28. The highest BCUT2D eigenvalue weighted by Crippen LogP contribution is 2.60. The highest BCUT2D eigenvalue weighted by atomic mass is 79.9. The highest BCUT2D eigenvalue weighted by Gasteiger charge is 2.47. The van der Waals surface area contributed by atoms with E-state index in [4.69, 9.17) is 11.6 Å². The number of benzene rings is 1. The van der Waals surface area contributed by atoms with Gasteiger partial charge in [-0.3, -0.25) is 0 Å². The molecule has 0 nitrogen and oxygen atoms in total. The van der Waals surface area contributed by atoms with E-state index in [9.17, 15) is 4.39 Å². The van der Waals surface area contributed by atoms with Gasteiger partial charge in [0, 0.05) is 0 Å². The lowest BCUT2D eigenvalue weighted by atomic mass is 9.93. The quantitative estimate of drug-likeness (QED) is 0.683. The predicted octanol–water partition coefficient (Wildman–Crippen LogP) is 5.06. The maximum absolute atomic E-state index is 13.1. The van der Waals surface area contributed by atoms with Gasteiger partial charge in [-0.25, -0.2) is 4.39 Å². The summed E-state index contributed by atoms with van der Waals surface area (Å²) in [5.74, 6) is -0.232. The molecule has 1 saturated carbocycles. The van der Waals surface area contributed by atoms with Crippen LogP contribution >= 0.6 is 27.5 Å². The minimum absolute atomic E-state index is 0.0133. The average molecular weight is 292 g/mol. The molecule has 0 aliphatic heterocycles. The van der Waals surface area contributed by atoms with Gasteiger partial charge in [0.05, 0.1) is 9.85 Å². The van der Waals surface area contributed by atoms with Gasteiger partial charge in [0.25, 0.3) is 0 Å². The van der Waals surface area contributed by atoms with Gasteiger partial charge in [0.15, 0.2) is 0 Å². The summed E-state index contributed by atoms with van der Waals surface area (Å²) in [6.07, 6.45) is 3.47. The second kappa shape index (κ2) is 4.06. The molecule has 3 heteroatoms. The van der Waals surface area contributed by atoms with Crippen molar-refractivity contribution < 1.29 is 4.39 Å². The second-order valence-electron chi connectivity index (χ2n) is 4.25. The number of halogens is 3. The van der Waals surface area contributed by atoms with Gasteiger partial charge in [0.2, 0.25) is 0 Å². The van der Waals surface area contributed by atoms with Crippen molar-refractivity contribution in [2.75, 3.05) is 0 Å². The molecule has 0 bridgehead atoms. The van der Waals surface area contributed by atoms with E-state index in [1.54, 1.807) is 12.1 Å². The van der Waals surface area contributed by atoms with E-state index < -0.39 is 0 Å². The first kappa shape index (κ1) is 11.4. The molecular weight excluding hydrogens is 278 g/mol. The Morgan fingerprint density at radius 2 is 2.20 bits per heavy atom. The van der Waals surface area contributed by atoms with E-state index in [0.717, 1.165) is 12.0 Å². The summed E-state index contributed by atoms with van der Waals surface area (Å²) < 4.78 is 13.6. The number of hydrogen-bond donors (Lipinski definition) is 0. The van der Waals surface area contributed by atoms with Crippen LogP contribution in [0.1, 0.15) is 37.1 Å². The Labute approximate surface area is 103 Å². The van der Waals surface area contributed by atoms with E-state index in [1.165, 1.54) is 18.9 Å². The van der Waals surface area contributed by atoms with Crippen LogP contribution in [0.2, 0.25) is 0 Å². The van der Waals surface area contributed by atoms with Gasteiger partial charge in [-0.1, -0.05) is 13.0 Å². The summed E-state index contributed by atoms with van der Waals surface area (Å²) in [6, 6.07) is 5.05. The smallest absolute Gasteiger partial charge is 0.137 e. The van der Waals surface area contributed by atoms with Crippen molar-refractivity contribution in [3.63, 3.8) is 0 Å². The third-order valence-corrected chi connectivity index (χ3v) is 4.69. The highest BCUT2D eigenvalue weighted by molar-refractivity contribution is 9.10. The van der Waals surface area contributed by atoms with Crippen molar-refractivity contribution in [3.05, 3.63) is 34.1 Å². The third kappa shape index (κ3) is 2.07. The fourth-order valence-electron chi connectivity index (χ4n) is 1.97. The molecule has 15 heavy (non-hydrogen) atoms.